The van der Waals surface area contributed by atoms with E-state index in [1.165, 1.54) is 0 Å². The van der Waals surface area contributed by atoms with Gasteiger partial charge in [0, 0.05) is 5.71 Å². The lowest BCUT2D eigenvalue weighted by atomic mass is 10.2. The van der Waals surface area contributed by atoms with Crippen molar-refractivity contribution in [1.29, 1.82) is 5.41 Å². The van der Waals surface area contributed by atoms with E-state index in [0.29, 0.717) is 0 Å². The molecule has 0 spiro atoms. The van der Waals surface area contributed by atoms with Crippen molar-refractivity contribution in [3.8, 4) is 0 Å². The molecule has 0 aromatic heterocycles. The number of hydrogen-bond acceptors (Lipinski definition) is 1. The van der Waals surface area contributed by atoms with Gasteiger partial charge in [0.05, 0.1) is 0 Å². The van der Waals surface area contributed by atoms with E-state index in [9.17, 15) is 0 Å². The predicted octanol–water partition coefficient (Wildman–Crippen LogP) is 2.25. The first-order valence-corrected chi connectivity index (χ1v) is 2.31. The summed E-state index contributed by atoms with van der Waals surface area (Å²) in [5.41, 5.74) is 0.789. The minimum Gasteiger partial charge on any atom is -0.310 e. The second-order valence-electron chi connectivity index (χ2n) is 1.53. The van der Waals surface area contributed by atoms with Crippen molar-refractivity contribution in [1.82, 2.24) is 0 Å². The van der Waals surface area contributed by atoms with Crippen molar-refractivity contribution in [3.63, 3.8) is 0 Å². The van der Waals surface area contributed by atoms with Crippen molar-refractivity contribution < 1.29 is 0 Å². The Balaban J connectivity index is 0. The van der Waals surface area contributed by atoms with E-state index in [1.54, 1.807) is 0 Å². The van der Waals surface area contributed by atoms with Gasteiger partial charge in [-0.15, -0.1) is 12.4 Å². The Morgan fingerprint density at radius 1 is 1.57 bits per heavy atom. The molecule has 0 aliphatic carbocycles. The summed E-state index contributed by atoms with van der Waals surface area (Å²) in [6, 6.07) is 0. The quantitative estimate of drug-likeness (QED) is 0.542. The van der Waals surface area contributed by atoms with E-state index < -0.39 is 0 Å². The van der Waals surface area contributed by atoms with Crippen molar-refractivity contribution >= 4 is 18.1 Å². The van der Waals surface area contributed by atoms with Crippen LogP contribution in [-0.2, 0) is 0 Å². The van der Waals surface area contributed by atoms with Gasteiger partial charge in [0.15, 0.2) is 0 Å². The lowest BCUT2D eigenvalue weighted by Gasteiger charge is -1.85. The largest absolute Gasteiger partial charge is 0.310 e. The molecule has 0 aromatic carbocycles. The maximum absolute atomic E-state index is 6.89. The van der Waals surface area contributed by atoms with Gasteiger partial charge in [-0.2, -0.15) is 0 Å². The molecule has 1 N–H and O–H groups in total. The second-order valence-corrected chi connectivity index (χ2v) is 1.53. The lowest BCUT2D eigenvalue weighted by molar-refractivity contribution is 0.981. The molecule has 0 bridgehead atoms. The van der Waals surface area contributed by atoms with Crippen LogP contribution in [0.15, 0.2) is 0 Å². The van der Waals surface area contributed by atoms with Crippen LogP contribution < -0.4 is 0 Å². The fourth-order valence-corrected chi connectivity index (χ4v) is 0.375. The van der Waals surface area contributed by atoms with Gasteiger partial charge in [-0.05, 0) is 13.3 Å². The molecule has 0 saturated heterocycles. The standard InChI is InChI=1S/C5H11N.ClH/c1-3-4-5(2)6;/h6H,3-4H2,1-2H3;1H. The van der Waals surface area contributed by atoms with Gasteiger partial charge in [0.25, 0.3) is 0 Å². The van der Waals surface area contributed by atoms with E-state index in [-0.39, 0.29) is 12.4 Å². The number of nitrogens with one attached hydrogen (secondary N) is 1. The second kappa shape index (κ2) is 5.96. The van der Waals surface area contributed by atoms with Crippen LogP contribution in [0.2, 0.25) is 0 Å². The van der Waals surface area contributed by atoms with Crippen LogP contribution in [-0.4, -0.2) is 5.71 Å². The molecule has 0 radical (unpaired) electrons. The van der Waals surface area contributed by atoms with Crippen LogP contribution in [0.25, 0.3) is 0 Å². The van der Waals surface area contributed by atoms with Crippen LogP contribution in [0.3, 0.4) is 0 Å². The van der Waals surface area contributed by atoms with Crippen molar-refractivity contribution in [2.45, 2.75) is 26.7 Å². The Morgan fingerprint density at radius 3 is 2.00 bits per heavy atom. The van der Waals surface area contributed by atoms with E-state index in [0.717, 1.165) is 18.6 Å². The van der Waals surface area contributed by atoms with Gasteiger partial charge in [-0.3, -0.25) is 0 Å². The molecule has 0 heterocycles. The zero-order chi connectivity index (χ0) is 4.99. The van der Waals surface area contributed by atoms with Gasteiger partial charge in [0.1, 0.15) is 0 Å². The Kier molecular flexibility index (Phi) is 8.56. The van der Waals surface area contributed by atoms with Crippen LogP contribution in [0.5, 0.6) is 0 Å². The third-order valence-corrected chi connectivity index (χ3v) is 0.625. The molecular weight excluding hydrogens is 110 g/mol. The molecule has 0 saturated carbocycles. The third-order valence-electron chi connectivity index (χ3n) is 0.625. The summed E-state index contributed by atoms with van der Waals surface area (Å²) in [5, 5.41) is 6.89. The Morgan fingerprint density at radius 2 is 2.00 bits per heavy atom. The maximum atomic E-state index is 6.89. The first kappa shape index (κ1) is 10.0. The van der Waals surface area contributed by atoms with E-state index >= 15 is 0 Å². The summed E-state index contributed by atoms with van der Waals surface area (Å²) in [4.78, 5) is 0. The van der Waals surface area contributed by atoms with Crippen LogP contribution in [0, 0.1) is 5.41 Å². The van der Waals surface area contributed by atoms with Gasteiger partial charge < -0.3 is 5.41 Å². The number of rotatable bonds is 2. The zero-order valence-corrected chi connectivity index (χ0v) is 5.64. The van der Waals surface area contributed by atoms with Gasteiger partial charge in [-0.1, -0.05) is 13.3 Å². The normalized spacial score (nSPS) is 7.14. The summed E-state index contributed by atoms with van der Waals surface area (Å²) >= 11 is 0. The van der Waals surface area contributed by atoms with Crippen LogP contribution in [0.4, 0.5) is 0 Å². The molecule has 0 amide bonds. The van der Waals surface area contributed by atoms with Crippen molar-refractivity contribution in [3.05, 3.63) is 0 Å². The molecule has 0 atom stereocenters. The average Bonchev–Trinajstić information content (AvgIpc) is 1.35. The number of halogens is 1. The lowest BCUT2D eigenvalue weighted by Crippen LogP contribution is -1.82. The smallest absolute Gasteiger partial charge is 0.00581 e. The molecule has 44 valence electrons. The number of hydrogen-bond donors (Lipinski definition) is 1. The highest BCUT2D eigenvalue weighted by Gasteiger charge is 1.78. The molecule has 0 unspecified atom stereocenters. The summed E-state index contributed by atoms with van der Waals surface area (Å²) in [5.74, 6) is 0. The Labute approximate surface area is 51.0 Å². The highest BCUT2D eigenvalue weighted by molar-refractivity contribution is 5.85. The Bertz CT molecular complexity index is 52.0. The summed E-state index contributed by atoms with van der Waals surface area (Å²) in [6.07, 6.45) is 2.06. The summed E-state index contributed by atoms with van der Waals surface area (Å²) < 4.78 is 0. The van der Waals surface area contributed by atoms with Crippen LogP contribution >= 0.6 is 12.4 Å². The van der Waals surface area contributed by atoms with Crippen LogP contribution in [0.1, 0.15) is 26.7 Å². The average molecular weight is 122 g/mol. The van der Waals surface area contributed by atoms with Crippen molar-refractivity contribution in [2.24, 2.45) is 0 Å². The topological polar surface area (TPSA) is 23.9 Å². The third kappa shape index (κ3) is 10.7. The van der Waals surface area contributed by atoms with Gasteiger partial charge in [0.2, 0.25) is 0 Å². The first-order chi connectivity index (χ1) is 2.77. The van der Waals surface area contributed by atoms with E-state index in [1.807, 2.05) is 6.92 Å². The maximum Gasteiger partial charge on any atom is 0.00581 e. The molecule has 1 nitrogen and oxygen atoms in total. The van der Waals surface area contributed by atoms with Gasteiger partial charge in [-0.25, -0.2) is 0 Å². The fraction of sp³-hybridized carbons (Fsp3) is 0.800. The summed E-state index contributed by atoms with van der Waals surface area (Å²) in [6.45, 7) is 3.92. The van der Waals surface area contributed by atoms with E-state index in [2.05, 4.69) is 6.92 Å². The Hall–Kier alpha value is -0.0400. The monoisotopic (exact) mass is 121 g/mol. The molecular formula is C5H12ClN. The molecule has 0 aliphatic heterocycles. The van der Waals surface area contributed by atoms with E-state index in [4.69, 9.17) is 5.41 Å². The van der Waals surface area contributed by atoms with Crippen molar-refractivity contribution in [2.75, 3.05) is 0 Å². The molecule has 2 heteroatoms. The predicted molar refractivity (Wildman–Crippen MR) is 35.6 cm³/mol. The summed E-state index contributed by atoms with van der Waals surface area (Å²) in [7, 11) is 0. The zero-order valence-electron chi connectivity index (χ0n) is 4.82. The highest BCUT2D eigenvalue weighted by atomic mass is 35.5. The highest BCUT2D eigenvalue weighted by Crippen LogP contribution is 1.85. The fourth-order valence-electron chi connectivity index (χ4n) is 0.375. The molecule has 7 heavy (non-hydrogen) atoms. The first-order valence-electron chi connectivity index (χ1n) is 2.31. The molecule has 0 aliphatic rings. The SMILES string of the molecule is CCCC(C)=N.Cl. The minimum absolute atomic E-state index is 0. The minimum atomic E-state index is 0. The molecule has 0 fully saturated rings. The molecule has 0 rings (SSSR count). The van der Waals surface area contributed by atoms with Gasteiger partial charge >= 0.3 is 0 Å². The molecule has 0 aromatic rings.